The molecule has 2 nitrogen and oxygen atoms in total. The Kier molecular flexibility index (Phi) is 8.19. The predicted molar refractivity (Wildman–Crippen MR) is 255 cm³/mol. The van der Waals surface area contributed by atoms with Crippen LogP contribution < -0.4 is 25.5 Å². The molecular weight excluding hydrogens is 740 g/mol. The molecule has 0 bridgehead atoms. The van der Waals surface area contributed by atoms with E-state index in [9.17, 15) is 0 Å². The Balaban J connectivity index is 1.28. The van der Waals surface area contributed by atoms with Crippen LogP contribution in [-0.4, -0.2) is 6.71 Å². The zero-order chi connectivity index (χ0) is 40.7. The fourth-order valence-corrected chi connectivity index (χ4v) is 12.3. The highest BCUT2D eigenvalue weighted by atomic mass is 32.2. The van der Waals surface area contributed by atoms with Gasteiger partial charge in [-0.3, -0.25) is 0 Å². The lowest BCUT2D eigenvalue weighted by molar-refractivity contribution is 0.590. The fraction of sp³-hybridized carbons (Fsp3) is 0.283. The molecule has 10 rings (SSSR count). The maximum Gasteiger partial charge on any atom is 0.264 e. The summed E-state index contributed by atoms with van der Waals surface area (Å²) in [5, 5.41) is 1.34. The molecular formula is C53H53BN2S2. The quantitative estimate of drug-likeness (QED) is 0.161. The highest BCUT2D eigenvalue weighted by molar-refractivity contribution is 7.99. The normalized spacial score (nSPS) is 15.5. The summed E-state index contributed by atoms with van der Waals surface area (Å²) in [6.45, 7) is 25.7. The van der Waals surface area contributed by atoms with Gasteiger partial charge < -0.3 is 9.80 Å². The number of hydrogen-bond donors (Lipinski definition) is 0. The van der Waals surface area contributed by atoms with Crippen molar-refractivity contribution in [3.8, 4) is 0 Å². The standard InChI is InChI=1S/C53H53BN2S2/c1-50(2,3)32-19-24-35(25-20-32)55-41-28-23-34(52(7,8)9)29-40(41)54-47-42(55)16-14-17-43(47)56(36-26-21-33(22-27-36)51(4,5)6)48-37-30-46-39(31-45(37)58-49(48)54)53(10,11)38-15-12-13-18-44(38)57-46/h12-31H,1-11H3. The molecule has 0 spiro atoms. The van der Waals surface area contributed by atoms with Crippen molar-refractivity contribution >= 4 is 89.7 Å². The van der Waals surface area contributed by atoms with E-state index in [0.29, 0.717) is 0 Å². The third kappa shape index (κ3) is 5.67. The van der Waals surface area contributed by atoms with Gasteiger partial charge in [0, 0.05) is 58.5 Å². The molecule has 0 aliphatic carbocycles. The largest absolute Gasteiger partial charge is 0.311 e. The first kappa shape index (κ1) is 37.6. The van der Waals surface area contributed by atoms with Crippen molar-refractivity contribution in [1.82, 2.24) is 0 Å². The molecule has 0 radical (unpaired) electrons. The van der Waals surface area contributed by atoms with Gasteiger partial charge in [0.15, 0.2) is 0 Å². The second-order valence-electron chi connectivity index (χ2n) is 20.3. The summed E-state index contributed by atoms with van der Waals surface area (Å²) < 4.78 is 2.78. The molecule has 0 N–H and O–H groups in total. The van der Waals surface area contributed by atoms with Gasteiger partial charge in [0.25, 0.3) is 6.71 Å². The molecule has 5 heteroatoms. The monoisotopic (exact) mass is 792 g/mol. The van der Waals surface area contributed by atoms with E-state index in [1.807, 2.05) is 23.1 Å². The second kappa shape index (κ2) is 12.6. The number of thiophene rings is 1. The van der Waals surface area contributed by atoms with E-state index < -0.39 is 0 Å². The van der Waals surface area contributed by atoms with Crippen LogP contribution in [0.3, 0.4) is 0 Å². The first-order valence-corrected chi connectivity index (χ1v) is 22.5. The van der Waals surface area contributed by atoms with Crippen molar-refractivity contribution in [2.45, 2.75) is 108 Å². The van der Waals surface area contributed by atoms with Crippen LogP contribution in [0, 0.1) is 0 Å². The molecule has 0 atom stereocenters. The Morgan fingerprint density at radius 3 is 1.71 bits per heavy atom. The van der Waals surface area contributed by atoms with E-state index in [0.717, 1.165) is 0 Å². The SMILES string of the molecule is CC(C)(C)c1ccc(N2c3ccc(C(C)(C)C)cc3B3c4sc5cc6c(cc5c4N(c4ccc(C(C)(C)C)cc4)c4cccc2c43)Sc2ccccc2C6(C)C)cc1. The summed E-state index contributed by atoms with van der Waals surface area (Å²) in [7, 11) is 0. The van der Waals surface area contributed by atoms with Crippen LogP contribution in [-0.2, 0) is 21.7 Å². The molecule has 6 aromatic carbocycles. The van der Waals surface area contributed by atoms with Crippen LogP contribution in [0.5, 0.6) is 0 Å². The van der Waals surface area contributed by atoms with Crippen molar-refractivity contribution in [2.24, 2.45) is 0 Å². The molecule has 0 saturated heterocycles. The van der Waals surface area contributed by atoms with E-state index >= 15 is 0 Å². The minimum absolute atomic E-state index is 0.00335. The van der Waals surface area contributed by atoms with Crippen LogP contribution in [0.15, 0.2) is 131 Å². The van der Waals surface area contributed by atoms with Crippen LogP contribution in [0.25, 0.3) is 10.1 Å². The van der Waals surface area contributed by atoms with Gasteiger partial charge in [-0.25, -0.2) is 0 Å². The summed E-state index contributed by atoms with van der Waals surface area (Å²) in [5.41, 5.74) is 17.2. The number of nitrogens with zero attached hydrogens (tertiary/aromatic N) is 2. The molecule has 3 aliphatic rings. The van der Waals surface area contributed by atoms with E-state index in [4.69, 9.17) is 0 Å². The van der Waals surface area contributed by atoms with E-state index in [1.54, 1.807) is 0 Å². The third-order valence-corrected chi connectivity index (χ3v) is 15.3. The van der Waals surface area contributed by atoms with Gasteiger partial charge in [-0.15, -0.1) is 11.3 Å². The second-order valence-corrected chi connectivity index (χ2v) is 22.5. The number of rotatable bonds is 2. The lowest BCUT2D eigenvalue weighted by Crippen LogP contribution is -2.60. The van der Waals surface area contributed by atoms with Gasteiger partial charge in [0.05, 0.1) is 5.69 Å². The Hall–Kier alpha value is -4.71. The molecule has 0 saturated carbocycles. The van der Waals surface area contributed by atoms with Crippen LogP contribution >= 0.6 is 23.1 Å². The summed E-state index contributed by atoms with van der Waals surface area (Å²) in [6.07, 6.45) is 0. The smallest absolute Gasteiger partial charge is 0.264 e. The maximum atomic E-state index is 2.61. The topological polar surface area (TPSA) is 6.48 Å². The molecule has 1 aromatic heterocycles. The van der Waals surface area contributed by atoms with E-state index in [2.05, 4.69) is 207 Å². The van der Waals surface area contributed by atoms with Gasteiger partial charge >= 0.3 is 0 Å². The van der Waals surface area contributed by atoms with Gasteiger partial charge in [0.1, 0.15) is 0 Å². The van der Waals surface area contributed by atoms with E-state index in [-0.39, 0.29) is 28.4 Å². The van der Waals surface area contributed by atoms with Crippen molar-refractivity contribution in [3.63, 3.8) is 0 Å². The van der Waals surface area contributed by atoms with Gasteiger partial charge in [-0.2, -0.15) is 0 Å². The van der Waals surface area contributed by atoms with Gasteiger partial charge in [0.2, 0.25) is 0 Å². The van der Waals surface area contributed by atoms with Crippen molar-refractivity contribution in [3.05, 3.63) is 149 Å². The third-order valence-electron chi connectivity index (χ3n) is 13.0. The molecule has 7 aromatic rings. The molecule has 4 heterocycles. The van der Waals surface area contributed by atoms with Crippen LogP contribution in [0.2, 0.25) is 0 Å². The lowest BCUT2D eigenvalue weighted by atomic mass is 9.36. The molecule has 290 valence electrons. The van der Waals surface area contributed by atoms with Crippen LogP contribution in [0.4, 0.5) is 34.1 Å². The average Bonchev–Trinajstić information content (AvgIpc) is 3.54. The summed E-state index contributed by atoms with van der Waals surface area (Å²) in [5.74, 6) is 0. The predicted octanol–water partition coefficient (Wildman–Crippen LogP) is 13.7. The first-order chi connectivity index (χ1) is 27.4. The molecule has 58 heavy (non-hydrogen) atoms. The number of fused-ring (bicyclic) bond motifs is 8. The lowest BCUT2D eigenvalue weighted by Gasteiger charge is -2.43. The highest BCUT2D eigenvalue weighted by Crippen LogP contribution is 2.54. The molecule has 3 aliphatic heterocycles. The fourth-order valence-electron chi connectivity index (χ4n) is 9.59. The van der Waals surface area contributed by atoms with Crippen molar-refractivity contribution in [2.75, 3.05) is 9.80 Å². The van der Waals surface area contributed by atoms with E-state index in [1.165, 1.54) is 97.5 Å². The Morgan fingerprint density at radius 1 is 0.517 bits per heavy atom. The number of anilines is 6. The van der Waals surface area contributed by atoms with Crippen molar-refractivity contribution < 1.29 is 0 Å². The van der Waals surface area contributed by atoms with Crippen molar-refractivity contribution in [1.29, 1.82) is 0 Å². The number of hydrogen-bond acceptors (Lipinski definition) is 4. The Bertz CT molecular complexity index is 2790. The first-order valence-electron chi connectivity index (χ1n) is 20.9. The molecule has 0 amide bonds. The van der Waals surface area contributed by atoms with Crippen LogP contribution in [0.1, 0.15) is 104 Å². The zero-order valence-corrected chi connectivity index (χ0v) is 37.5. The average molecular weight is 793 g/mol. The minimum atomic E-state index is -0.101. The maximum absolute atomic E-state index is 2.61. The summed E-state index contributed by atoms with van der Waals surface area (Å²) in [4.78, 5) is 7.87. The Morgan fingerprint density at radius 2 is 1.09 bits per heavy atom. The summed E-state index contributed by atoms with van der Waals surface area (Å²) in [6, 6.07) is 47.1. The highest BCUT2D eigenvalue weighted by Gasteiger charge is 2.46. The zero-order valence-electron chi connectivity index (χ0n) is 35.8. The summed E-state index contributed by atoms with van der Waals surface area (Å²) >= 11 is 3.94. The van der Waals surface area contributed by atoms with Gasteiger partial charge in [-0.05, 0) is 116 Å². The Labute approximate surface area is 354 Å². The minimum Gasteiger partial charge on any atom is -0.311 e. The number of benzene rings is 6. The molecule has 0 fully saturated rings. The van der Waals surface area contributed by atoms with Gasteiger partial charge in [-0.1, -0.05) is 149 Å². The molecule has 0 unspecified atom stereocenters.